The molecule has 0 spiro atoms. The smallest absolute Gasteiger partial charge is 0.191 e. The number of aliphatic hydroxyl groups is 1. The van der Waals surface area contributed by atoms with Gasteiger partial charge in [0.05, 0.1) is 20.2 Å². The van der Waals surface area contributed by atoms with Crippen molar-refractivity contribution in [2.24, 2.45) is 4.99 Å². The summed E-state index contributed by atoms with van der Waals surface area (Å²) in [7, 11) is 1.65. The largest absolute Gasteiger partial charge is 0.497 e. The molecule has 1 heterocycles. The molecule has 2 aromatic rings. The van der Waals surface area contributed by atoms with Gasteiger partial charge in [-0.25, -0.2) is 4.99 Å². The average Bonchev–Trinajstić information content (AvgIpc) is 3.13. The molecule has 1 atom stereocenters. The quantitative estimate of drug-likeness (QED) is 0.532. The molecule has 3 N–H and O–H groups in total. The first-order valence-electron chi connectivity index (χ1n) is 7.96. The Balaban J connectivity index is 2.00. The lowest BCUT2D eigenvalue weighted by Crippen LogP contribution is -2.44. The Labute approximate surface area is 147 Å². The third kappa shape index (κ3) is 5.25. The zero-order chi connectivity index (χ0) is 17.4. The minimum absolute atomic E-state index is 0.386. The van der Waals surface area contributed by atoms with Crippen LogP contribution in [0.3, 0.4) is 0 Å². The number of guanidine groups is 1. The lowest BCUT2D eigenvalue weighted by molar-refractivity contribution is 0.0655. The Morgan fingerprint density at radius 1 is 1.29 bits per heavy atom. The maximum Gasteiger partial charge on any atom is 0.191 e. The highest BCUT2D eigenvalue weighted by Gasteiger charge is 2.24. The molecule has 6 heteroatoms. The monoisotopic (exact) mass is 347 g/mol. The first kappa shape index (κ1) is 18.3. The van der Waals surface area contributed by atoms with Crippen LogP contribution in [0, 0.1) is 0 Å². The summed E-state index contributed by atoms with van der Waals surface area (Å²) >= 11 is 1.55. The highest BCUT2D eigenvalue weighted by atomic mass is 32.1. The van der Waals surface area contributed by atoms with Crippen molar-refractivity contribution in [1.29, 1.82) is 0 Å². The number of rotatable bonds is 7. The fourth-order valence-electron chi connectivity index (χ4n) is 2.21. The van der Waals surface area contributed by atoms with Gasteiger partial charge in [-0.3, -0.25) is 0 Å². The number of benzene rings is 1. The normalized spacial score (nSPS) is 14.1. The molecular formula is C18H25N3O2S. The Bertz CT molecular complexity index is 654. The highest BCUT2D eigenvalue weighted by molar-refractivity contribution is 7.10. The van der Waals surface area contributed by atoms with E-state index in [0.29, 0.717) is 19.0 Å². The topological polar surface area (TPSA) is 65.9 Å². The average molecular weight is 347 g/mol. The van der Waals surface area contributed by atoms with Gasteiger partial charge in [-0.2, -0.15) is 0 Å². The Kier molecular flexibility index (Phi) is 6.63. The van der Waals surface area contributed by atoms with Crippen molar-refractivity contribution in [2.75, 3.05) is 20.2 Å². The van der Waals surface area contributed by atoms with Crippen LogP contribution in [0.25, 0.3) is 0 Å². The molecule has 24 heavy (non-hydrogen) atoms. The summed E-state index contributed by atoms with van der Waals surface area (Å²) in [6, 6.07) is 11.7. The van der Waals surface area contributed by atoms with Crippen LogP contribution in [0.15, 0.2) is 46.8 Å². The second-order valence-corrected chi connectivity index (χ2v) is 6.60. The molecule has 0 amide bonds. The van der Waals surface area contributed by atoms with E-state index in [9.17, 15) is 5.11 Å². The Hall–Kier alpha value is -2.05. The molecule has 1 aromatic heterocycles. The lowest BCUT2D eigenvalue weighted by Gasteiger charge is -2.23. The lowest BCUT2D eigenvalue weighted by atomic mass is 10.1. The minimum Gasteiger partial charge on any atom is -0.497 e. The molecule has 0 fully saturated rings. The SMILES string of the molecule is CCNC(=NCc1cccc(OC)c1)NCC(C)(O)c1cccs1. The molecule has 2 rings (SSSR count). The molecule has 0 bridgehead atoms. The molecular weight excluding hydrogens is 322 g/mol. The third-order valence-electron chi connectivity index (χ3n) is 3.55. The second-order valence-electron chi connectivity index (χ2n) is 5.65. The van der Waals surface area contributed by atoms with Crippen molar-refractivity contribution < 1.29 is 9.84 Å². The molecule has 1 unspecified atom stereocenters. The molecule has 0 aliphatic rings. The van der Waals surface area contributed by atoms with E-state index in [2.05, 4.69) is 15.6 Å². The Morgan fingerprint density at radius 2 is 2.12 bits per heavy atom. The fourth-order valence-corrected chi connectivity index (χ4v) is 3.00. The predicted octanol–water partition coefficient (Wildman–Crippen LogP) is 2.72. The standard InChI is InChI=1S/C18H25N3O2S/c1-4-19-17(20-12-14-7-5-8-15(11-14)23-3)21-13-18(2,22)16-9-6-10-24-16/h5-11,22H,4,12-13H2,1-3H3,(H2,19,20,21). The van der Waals surface area contributed by atoms with E-state index in [4.69, 9.17) is 4.74 Å². The number of nitrogens with one attached hydrogen (secondary N) is 2. The summed E-state index contributed by atoms with van der Waals surface area (Å²) in [6.45, 7) is 5.49. The van der Waals surface area contributed by atoms with Gasteiger partial charge in [0.2, 0.25) is 0 Å². The zero-order valence-corrected chi connectivity index (χ0v) is 15.2. The maximum atomic E-state index is 10.6. The van der Waals surface area contributed by atoms with E-state index in [1.54, 1.807) is 25.4 Å². The number of aliphatic imine (C=N–C) groups is 1. The molecule has 0 aliphatic carbocycles. The molecule has 0 saturated carbocycles. The fraction of sp³-hybridized carbons (Fsp3) is 0.389. The number of hydrogen-bond acceptors (Lipinski definition) is 4. The van der Waals surface area contributed by atoms with Crippen LogP contribution in [0.4, 0.5) is 0 Å². The summed E-state index contributed by atoms with van der Waals surface area (Å²) in [6.07, 6.45) is 0. The van der Waals surface area contributed by atoms with Gasteiger partial charge < -0.3 is 20.5 Å². The number of methoxy groups -OCH3 is 1. The van der Waals surface area contributed by atoms with Crippen LogP contribution in [0.2, 0.25) is 0 Å². The van der Waals surface area contributed by atoms with Gasteiger partial charge in [0, 0.05) is 11.4 Å². The van der Waals surface area contributed by atoms with E-state index in [-0.39, 0.29) is 0 Å². The van der Waals surface area contributed by atoms with Gasteiger partial charge in [0.1, 0.15) is 11.4 Å². The predicted molar refractivity (Wildman–Crippen MR) is 99.7 cm³/mol. The van der Waals surface area contributed by atoms with Gasteiger partial charge in [-0.05, 0) is 43.0 Å². The summed E-state index contributed by atoms with van der Waals surface area (Å²) in [5, 5.41) is 19.0. The van der Waals surface area contributed by atoms with Crippen LogP contribution >= 0.6 is 11.3 Å². The van der Waals surface area contributed by atoms with Gasteiger partial charge >= 0.3 is 0 Å². The molecule has 5 nitrogen and oxygen atoms in total. The Morgan fingerprint density at radius 3 is 2.79 bits per heavy atom. The molecule has 1 aromatic carbocycles. The van der Waals surface area contributed by atoms with E-state index in [1.807, 2.05) is 48.7 Å². The third-order valence-corrected chi connectivity index (χ3v) is 4.67. The maximum absolute atomic E-state index is 10.6. The molecule has 0 saturated heterocycles. The van der Waals surface area contributed by atoms with Gasteiger partial charge in [-0.1, -0.05) is 18.2 Å². The number of hydrogen-bond donors (Lipinski definition) is 3. The van der Waals surface area contributed by atoms with Crippen LogP contribution in [0.1, 0.15) is 24.3 Å². The van der Waals surface area contributed by atoms with Gasteiger partial charge in [0.15, 0.2) is 5.96 Å². The van der Waals surface area contributed by atoms with E-state index >= 15 is 0 Å². The van der Waals surface area contributed by atoms with E-state index in [0.717, 1.165) is 22.7 Å². The van der Waals surface area contributed by atoms with Crippen molar-refractivity contribution >= 4 is 17.3 Å². The molecule has 130 valence electrons. The molecule has 0 aliphatic heterocycles. The summed E-state index contributed by atoms with van der Waals surface area (Å²) in [5.74, 6) is 1.50. The summed E-state index contributed by atoms with van der Waals surface area (Å²) in [4.78, 5) is 5.50. The van der Waals surface area contributed by atoms with Gasteiger partial charge in [0.25, 0.3) is 0 Å². The van der Waals surface area contributed by atoms with Crippen LogP contribution in [-0.4, -0.2) is 31.3 Å². The van der Waals surface area contributed by atoms with Crippen molar-refractivity contribution in [1.82, 2.24) is 10.6 Å². The molecule has 0 radical (unpaired) electrons. The zero-order valence-electron chi connectivity index (χ0n) is 14.4. The summed E-state index contributed by atoms with van der Waals surface area (Å²) < 4.78 is 5.23. The second kappa shape index (κ2) is 8.70. The highest BCUT2D eigenvalue weighted by Crippen LogP contribution is 2.24. The van der Waals surface area contributed by atoms with Crippen molar-refractivity contribution in [3.8, 4) is 5.75 Å². The van der Waals surface area contributed by atoms with Crippen molar-refractivity contribution in [3.63, 3.8) is 0 Å². The van der Waals surface area contributed by atoms with E-state index < -0.39 is 5.60 Å². The minimum atomic E-state index is -0.930. The number of nitrogens with zero attached hydrogens (tertiary/aromatic N) is 1. The van der Waals surface area contributed by atoms with Crippen molar-refractivity contribution in [2.45, 2.75) is 26.0 Å². The number of ether oxygens (including phenoxy) is 1. The first-order valence-corrected chi connectivity index (χ1v) is 8.84. The summed E-state index contributed by atoms with van der Waals surface area (Å²) in [5.41, 5.74) is 0.136. The van der Waals surface area contributed by atoms with Crippen molar-refractivity contribution in [3.05, 3.63) is 52.2 Å². The number of thiophene rings is 1. The van der Waals surface area contributed by atoms with Crippen LogP contribution < -0.4 is 15.4 Å². The van der Waals surface area contributed by atoms with E-state index in [1.165, 1.54) is 0 Å². The van der Waals surface area contributed by atoms with Crippen LogP contribution in [-0.2, 0) is 12.1 Å². The van der Waals surface area contributed by atoms with Crippen LogP contribution in [0.5, 0.6) is 5.75 Å². The first-order chi connectivity index (χ1) is 11.5. The van der Waals surface area contributed by atoms with Gasteiger partial charge in [-0.15, -0.1) is 11.3 Å².